The molecule has 0 aromatic heterocycles. The lowest BCUT2D eigenvalue weighted by atomic mass is 10.1. The second-order valence-corrected chi connectivity index (χ2v) is 5.06. The van der Waals surface area contributed by atoms with Crippen LogP contribution in [0.3, 0.4) is 0 Å². The molecule has 0 aliphatic rings. The highest BCUT2D eigenvalue weighted by atomic mass is 35.5. The zero-order valence-electron chi connectivity index (χ0n) is 12.7. The number of amides is 1. The first-order valence-corrected chi connectivity index (χ1v) is 6.60. The van der Waals surface area contributed by atoms with Crippen molar-refractivity contribution < 1.29 is 9.53 Å². The van der Waals surface area contributed by atoms with Crippen LogP contribution in [0.4, 0.5) is 0 Å². The van der Waals surface area contributed by atoms with Gasteiger partial charge in [-0.2, -0.15) is 0 Å². The van der Waals surface area contributed by atoms with Gasteiger partial charge in [-0.1, -0.05) is 12.1 Å². The normalized spacial score (nSPS) is 10.1. The molecule has 20 heavy (non-hydrogen) atoms. The lowest BCUT2D eigenvalue weighted by Crippen LogP contribution is -2.31. The molecular formula is C15H25ClN2O2. The summed E-state index contributed by atoms with van der Waals surface area (Å²) in [5.74, 6) is 0.711. The van der Waals surface area contributed by atoms with E-state index in [-0.39, 0.29) is 24.9 Å². The van der Waals surface area contributed by atoms with Crippen LogP contribution in [0, 0.1) is 13.8 Å². The van der Waals surface area contributed by atoms with Gasteiger partial charge in [0.15, 0.2) is 6.61 Å². The van der Waals surface area contributed by atoms with Crippen molar-refractivity contribution in [3.8, 4) is 5.75 Å². The van der Waals surface area contributed by atoms with Crippen LogP contribution >= 0.6 is 12.4 Å². The molecule has 0 heterocycles. The summed E-state index contributed by atoms with van der Waals surface area (Å²) in [6, 6.07) is 5.98. The van der Waals surface area contributed by atoms with E-state index in [1.807, 2.05) is 46.1 Å². The maximum absolute atomic E-state index is 11.6. The topological polar surface area (TPSA) is 41.6 Å². The number of halogens is 1. The predicted molar refractivity (Wildman–Crippen MR) is 84.8 cm³/mol. The summed E-state index contributed by atoms with van der Waals surface area (Å²) in [6.07, 6.45) is 0.947. The van der Waals surface area contributed by atoms with Gasteiger partial charge in [0, 0.05) is 6.54 Å². The molecule has 0 atom stereocenters. The van der Waals surface area contributed by atoms with Crippen molar-refractivity contribution in [2.75, 3.05) is 33.8 Å². The average Bonchev–Trinajstić information content (AvgIpc) is 2.35. The van der Waals surface area contributed by atoms with E-state index >= 15 is 0 Å². The van der Waals surface area contributed by atoms with E-state index in [0.29, 0.717) is 6.54 Å². The Morgan fingerprint density at radius 3 is 2.65 bits per heavy atom. The quantitative estimate of drug-likeness (QED) is 0.785. The van der Waals surface area contributed by atoms with Gasteiger partial charge in [-0.15, -0.1) is 12.4 Å². The number of carbonyl (C=O) groups excluding carboxylic acids is 1. The van der Waals surface area contributed by atoms with Crippen LogP contribution in [0.5, 0.6) is 5.75 Å². The summed E-state index contributed by atoms with van der Waals surface area (Å²) in [5, 5.41) is 2.85. The Hall–Kier alpha value is -1.26. The first-order chi connectivity index (χ1) is 8.99. The minimum absolute atomic E-state index is 0. The fraction of sp³-hybridized carbons (Fsp3) is 0.533. The van der Waals surface area contributed by atoms with E-state index in [2.05, 4.69) is 10.2 Å². The van der Waals surface area contributed by atoms with Gasteiger partial charge in [-0.3, -0.25) is 4.79 Å². The lowest BCUT2D eigenvalue weighted by Gasteiger charge is -2.11. The highest BCUT2D eigenvalue weighted by Crippen LogP contribution is 2.18. The molecule has 0 fully saturated rings. The van der Waals surface area contributed by atoms with Crippen LogP contribution in [-0.2, 0) is 4.79 Å². The molecule has 1 aromatic carbocycles. The van der Waals surface area contributed by atoms with E-state index in [1.165, 1.54) is 0 Å². The van der Waals surface area contributed by atoms with Crippen molar-refractivity contribution in [2.24, 2.45) is 0 Å². The Morgan fingerprint density at radius 2 is 2.00 bits per heavy atom. The van der Waals surface area contributed by atoms with Crippen LogP contribution in [-0.4, -0.2) is 44.6 Å². The van der Waals surface area contributed by atoms with E-state index in [4.69, 9.17) is 4.74 Å². The first kappa shape index (κ1) is 18.7. The molecule has 0 spiro atoms. The van der Waals surface area contributed by atoms with Crippen molar-refractivity contribution in [3.05, 3.63) is 29.3 Å². The molecule has 0 saturated carbocycles. The Bertz CT molecular complexity index is 422. The smallest absolute Gasteiger partial charge is 0.257 e. The number of ether oxygens (including phenoxy) is 1. The summed E-state index contributed by atoms with van der Waals surface area (Å²) in [4.78, 5) is 13.7. The molecule has 5 heteroatoms. The van der Waals surface area contributed by atoms with Gasteiger partial charge >= 0.3 is 0 Å². The van der Waals surface area contributed by atoms with Crippen LogP contribution in [0.25, 0.3) is 0 Å². The van der Waals surface area contributed by atoms with E-state index < -0.39 is 0 Å². The summed E-state index contributed by atoms with van der Waals surface area (Å²) in [6.45, 7) is 5.72. The molecule has 0 saturated heterocycles. The zero-order chi connectivity index (χ0) is 14.3. The van der Waals surface area contributed by atoms with Crippen molar-refractivity contribution in [2.45, 2.75) is 20.3 Å². The minimum Gasteiger partial charge on any atom is -0.483 e. The number of hydrogen-bond donors (Lipinski definition) is 1. The van der Waals surface area contributed by atoms with Crippen molar-refractivity contribution in [1.29, 1.82) is 0 Å². The standard InChI is InChI=1S/C15H24N2O2.ClH/c1-12-6-7-13(2)14(10-12)19-11-15(18)16-8-5-9-17(3)4;/h6-7,10H,5,8-9,11H2,1-4H3,(H,16,18);1H. The molecule has 0 aliphatic carbocycles. The number of aryl methyl sites for hydroxylation is 2. The minimum atomic E-state index is -0.0698. The summed E-state index contributed by atoms with van der Waals surface area (Å²) in [7, 11) is 4.04. The maximum Gasteiger partial charge on any atom is 0.257 e. The molecule has 0 unspecified atom stereocenters. The Morgan fingerprint density at radius 1 is 1.30 bits per heavy atom. The van der Waals surface area contributed by atoms with Crippen LogP contribution in [0.1, 0.15) is 17.5 Å². The largest absolute Gasteiger partial charge is 0.483 e. The highest BCUT2D eigenvalue weighted by molar-refractivity contribution is 5.85. The van der Waals surface area contributed by atoms with Gasteiger partial charge in [0.1, 0.15) is 5.75 Å². The predicted octanol–water partition coefficient (Wildman–Crippen LogP) is 2.17. The molecule has 1 rings (SSSR count). The number of rotatable bonds is 7. The van der Waals surface area contributed by atoms with Crippen LogP contribution in [0.15, 0.2) is 18.2 Å². The third kappa shape index (κ3) is 7.36. The Kier molecular flexibility index (Phi) is 9.01. The van der Waals surface area contributed by atoms with Gasteiger partial charge in [-0.25, -0.2) is 0 Å². The van der Waals surface area contributed by atoms with Crippen LogP contribution < -0.4 is 10.1 Å². The number of hydrogen-bond acceptors (Lipinski definition) is 3. The van der Waals surface area contributed by atoms with Crippen molar-refractivity contribution >= 4 is 18.3 Å². The summed E-state index contributed by atoms with van der Waals surface area (Å²) in [5.41, 5.74) is 2.18. The third-order valence-electron chi connectivity index (χ3n) is 2.81. The molecule has 1 N–H and O–H groups in total. The monoisotopic (exact) mass is 300 g/mol. The molecular weight excluding hydrogens is 276 g/mol. The third-order valence-corrected chi connectivity index (χ3v) is 2.81. The number of nitrogens with zero attached hydrogens (tertiary/aromatic N) is 1. The second kappa shape index (κ2) is 9.61. The molecule has 0 bridgehead atoms. The SMILES string of the molecule is Cc1ccc(C)c(OCC(=O)NCCCN(C)C)c1.Cl. The van der Waals surface area contributed by atoms with Gasteiger partial charge < -0.3 is 15.0 Å². The second-order valence-electron chi connectivity index (χ2n) is 5.06. The summed E-state index contributed by atoms with van der Waals surface area (Å²) >= 11 is 0. The van der Waals surface area contributed by atoms with Gasteiger partial charge in [0.25, 0.3) is 5.91 Å². The van der Waals surface area contributed by atoms with E-state index in [1.54, 1.807) is 0 Å². The molecule has 0 radical (unpaired) electrons. The highest BCUT2D eigenvalue weighted by Gasteiger charge is 2.04. The average molecular weight is 301 g/mol. The lowest BCUT2D eigenvalue weighted by molar-refractivity contribution is -0.123. The van der Waals surface area contributed by atoms with Gasteiger partial charge in [-0.05, 0) is 58.1 Å². The Labute approximate surface area is 127 Å². The molecule has 114 valence electrons. The van der Waals surface area contributed by atoms with Gasteiger partial charge in [0.05, 0.1) is 0 Å². The molecule has 1 aromatic rings. The van der Waals surface area contributed by atoms with Gasteiger partial charge in [0.2, 0.25) is 0 Å². The first-order valence-electron chi connectivity index (χ1n) is 6.60. The molecule has 1 amide bonds. The molecule has 4 nitrogen and oxygen atoms in total. The fourth-order valence-electron chi connectivity index (χ4n) is 1.68. The summed E-state index contributed by atoms with van der Waals surface area (Å²) < 4.78 is 5.54. The Balaban J connectivity index is 0.00000361. The number of benzene rings is 1. The van der Waals surface area contributed by atoms with Crippen molar-refractivity contribution in [1.82, 2.24) is 10.2 Å². The van der Waals surface area contributed by atoms with E-state index in [0.717, 1.165) is 29.8 Å². The fourth-order valence-corrected chi connectivity index (χ4v) is 1.68. The van der Waals surface area contributed by atoms with E-state index in [9.17, 15) is 4.79 Å². The number of nitrogens with one attached hydrogen (secondary N) is 1. The van der Waals surface area contributed by atoms with Crippen molar-refractivity contribution in [3.63, 3.8) is 0 Å². The number of carbonyl (C=O) groups is 1. The zero-order valence-corrected chi connectivity index (χ0v) is 13.5. The van der Waals surface area contributed by atoms with Crippen LogP contribution in [0.2, 0.25) is 0 Å². The molecule has 0 aliphatic heterocycles. The maximum atomic E-state index is 11.6.